The highest BCUT2D eigenvalue weighted by atomic mass is 33.8. The summed E-state index contributed by atoms with van der Waals surface area (Å²) in [7, 11) is -8.83. The van der Waals surface area contributed by atoms with Gasteiger partial charge in [0.1, 0.15) is 0 Å². The molecule has 0 amide bonds. The van der Waals surface area contributed by atoms with Gasteiger partial charge in [-0.2, -0.15) is 0 Å². The highest BCUT2D eigenvalue weighted by molar-refractivity contribution is 9.49. The number of hydrogen-bond donors (Lipinski definition) is 4. The van der Waals surface area contributed by atoms with E-state index in [1.807, 2.05) is 39.3 Å². The first-order valence-corrected chi connectivity index (χ1v) is 65.6. The van der Waals surface area contributed by atoms with E-state index in [0.29, 0.717) is 127 Å². The summed E-state index contributed by atoms with van der Waals surface area (Å²) in [6.45, 7) is 31.5. The van der Waals surface area contributed by atoms with E-state index in [0.717, 1.165) is 44.9 Å². The van der Waals surface area contributed by atoms with Gasteiger partial charge in [0.15, 0.2) is 0 Å². The van der Waals surface area contributed by atoms with Crippen LogP contribution in [-0.2, 0) is 53.1 Å². The van der Waals surface area contributed by atoms with Gasteiger partial charge in [-0.3, -0.25) is 0 Å². The predicted octanol–water partition coefficient (Wildman–Crippen LogP) is 21.3. The molecule has 9 rings (SSSR count). The lowest BCUT2D eigenvalue weighted by Crippen LogP contribution is -2.65. The highest BCUT2D eigenvalue weighted by Crippen LogP contribution is 3.14. The second kappa shape index (κ2) is 34.7. The van der Waals surface area contributed by atoms with Crippen molar-refractivity contribution in [1.29, 1.82) is 0 Å². The third-order valence-corrected chi connectivity index (χ3v) is 112. The van der Waals surface area contributed by atoms with Crippen molar-refractivity contribution in [2.75, 3.05) is 79.3 Å². The molecule has 0 aromatic rings. The number of fused-ring (bicyclic) bond motifs is 8. The van der Waals surface area contributed by atoms with E-state index in [1.165, 1.54) is 77.0 Å². The van der Waals surface area contributed by atoms with Crippen LogP contribution in [0, 0.1) is 47.3 Å². The summed E-state index contributed by atoms with van der Waals surface area (Å²) < 4.78 is 89.5. The molecule has 89 heavy (non-hydrogen) atoms. The third-order valence-electron chi connectivity index (χ3n) is 20.9. The Hall–Kier alpha value is 5.99. The zero-order valence-corrected chi connectivity index (χ0v) is 72.8. The van der Waals surface area contributed by atoms with Crippen LogP contribution < -0.4 is 0 Å². The Labute approximate surface area is 598 Å². The molecule has 9 aliphatic carbocycles. The molecule has 32 heteroatoms. The average Bonchev–Trinajstić information content (AvgIpc) is 1.60. The summed E-state index contributed by atoms with van der Waals surface area (Å²) in [6, 6.07) is 0. The van der Waals surface area contributed by atoms with Crippen molar-refractivity contribution >= 4 is 191 Å². The first kappa shape index (κ1) is 79.1. The molecule has 12 nitrogen and oxygen atoms in total. The van der Waals surface area contributed by atoms with E-state index in [1.54, 1.807) is 0 Å². The minimum Gasteiger partial charge on any atom is -0.365 e. The molecule has 0 aliphatic heterocycles. The maximum absolute atomic E-state index is 7.57. The molecule has 9 fully saturated rings. The van der Waals surface area contributed by atoms with Crippen molar-refractivity contribution in [2.45, 2.75) is 234 Å². The van der Waals surface area contributed by atoms with Crippen LogP contribution in [0.1, 0.15) is 205 Å². The van der Waals surface area contributed by atoms with Crippen LogP contribution in [0.4, 0.5) is 0 Å². The van der Waals surface area contributed by atoms with Gasteiger partial charge in [-0.15, -0.1) is 79.0 Å². The van der Waals surface area contributed by atoms with Gasteiger partial charge in [-0.25, -0.2) is 0 Å². The predicted molar refractivity (Wildman–Crippen MR) is 426 cm³/mol. The van der Waals surface area contributed by atoms with Gasteiger partial charge in [0.2, 0.25) is 0 Å². The van der Waals surface area contributed by atoms with E-state index >= 15 is 0 Å². The van der Waals surface area contributed by atoms with E-state index in [4.69, 9.17) is 99.8 Å². The molecule has 9 aliphatic rings. The van der Waals surface area contributed by atoms with E-state index in [2.05, 4.69) is 124 Å². The van der Waals surface area contributed by atoms with Crippen molar-refractivity contribution in [2.24, 2.45) is 47.3 Å². The first-order chi connectivity index (χ1) is 43.0. The largest absolute Gasteiger partial charge is 0.583 e. The van der Waals surface area contributed by atoms with Gasteiger partial charge in [0, 0.05) is 100 Å². The summed E-state index contributed by atoms with van der Waals surface area (Å²) in [5.41, 5.74) is 0. The lowest BCUT2D eigenvalue weighted by atomic mass is 10.0. The zero-order chi connectivity index (χ0) is 64.0. The molecule has 0 heterocycles. The van der Waals surface area contributed by atoms with Gasteiger partial charge in [-0.1, -0.05) is 25.7 Å². The maximum Gasteiger partial charge on any atom is 0.583 e. The van der Waals surface area contributed by atoms with Crippen molar-refractivity contribution in [3.63, 3.8) is 0 Å². The Morgan fingerprint density at radius 1 is 0.292 bits per heavy atom. The van der Waals surface area contributed by atoms with Gasteiger partial charge in [0.05, 0.1) is 8.16 Å². The Bertz CT molecular complexity index is 1880. The first-order valence-electron chi connectivity index (χ1n) is 34.1. The minimum absolute atomic E-state index is 0.257. The molecule has 0 radical (unpaired) electrons. The molecule has 16 atom stereocenters. The van der Waals surface area contributed by atoms with Crippen LogP contribution in [0.15, 0.2) is 0 Å². The van der Waals surface area contributed by atoms with Crippen molar-refractivity contribution in [3.05, 3.63) is 0 Å². The highest BCUT2D eigenvalue weighted by Gasteiger charge is 2.89. The SMILES string of the molecule is CCO[Si](OCC)(OCC)SS(SS)(C1CC2CCC1C2)C1(S(SS)(S[Si](OCC)(OCC)OCC)C2CC3CCC2C3)CCCC1(S(SS)(S[Si](OCC)(OCC)OCC)C1CC2CCC1C2)S(SS)(S[Si](OCC)(OCC)OCC)C1CC2CCC1C2. The summed E-state index contributed by atoms with van der Waals surface area (Å²) >= 11 is 25.3. The van der Waals surface area contributed by atoms with E-state index < -0.39 is 72.3 Å². The molecule has 0 aromatic carbocycles. The van der Waals surface area contributed by atoms with E-state index in [9.17, 15) is 0 Å². The van der Waals surface area contributed by atoms with Crippen LogP contribution in [-0.4, -0.2) is 140 Å². The normalized spacial score (nSPS) is 36.8. The Morgan fingerprint density at radius 3 is 0.596 bits per heavy atom. The Kier molecular flexibility index (Phi) is 30.9. The molecule has 526 valence electrons. The fourth-order valence-electron chi connectivity index (χ4n) is 18.5. The topological polar surface area (TPSA) is 111 Å². The second-order valence-electron chi connectivity index (χ2n) is 25.2. The summed E-state index contributed by atoms with van der Waals surface area (Å²) in [4.78, 5) is 0. The van der Waals surface area contributed by atoms with Gasteiger partial charge in [0.25, 0.3) is 0 Å². The third kappa shape index (κ3) is 14.4. The molecule has 8 bridgehead atoms. The van der Waals surface area contributed by atoms with Gasteiger partial charge < -0.3 is 53.1 Å². The second-order valence-corrected chi connectivity index (χ2v) is 80.3. The zero-order valence-electron chi connectivity index (χ0n) is 55.4. The minimum atomic E-state index is -3.78. The molecule has 0 aromatic heterocycles. The molecule has 0 N–H and O–H groups in total. The van der Waals surface area contributed by atoms with E-state index in [-0.39, 0.29) is 21.0 Å². The maximum atomic E-state index is 7.57. The number of hydrogen-bond acceptors (Lipinski definition) is 24. The van der Waals surface area contributed by atoms with Crippen LogP contribution in [0.25, 0.3) is 0 Å². The van der Waals surface area contributed by atoms with Crippen molar-refractivity contribution in [3.8, 4) is 0 Å². The van der Waals surface area contributed by atoms with Crippen LogP contribution in [0.5, 0.6) is 0 Å². The lowest BCUT2D eigenvalue weighted by molar-refractivity contribution is 0.0962. The van der Waals surface area contributed by atoms with Crippen molar-refractivity contribution < 1.29 is 53.1 Å². The lowest BCUT2D eigenvalue weighted by Gasteiger charge is -2.80. The molecule has 0 saturated heterocycles. The molecule has 9 saturated carbocycles. The monoisotopic (exact) mass is 1610 g/mol. The Morgan fingerprint density at radius 2 is 0.472 bits per heavy atom. The molecular weight excluding hydrogens is 1500 g/mol. The Balaban J connectivity index is 1.64. The number of rotatable bonds is 44. The molecule has 0 spiro atoms. The smallest absolute Gasteiger partial charge is 0.365 e. The quantitative estimate of drug-likeness (QED) is 0.0264. The summed E-state index contributed by atoms with van der Waals surface area (Å²) in [6.07, 6.45) is 22.2. The number of thiol groups is 4. The van der Waals surface area contributed by atoms with Gasteiger partial charge in [-0.05, 0) is 307 Å². The van der Waals surface area contributed by atoms with Crippen LogP contribution in [0.2, 0.25) is 0 Å². The summed E-state index contributed by atoms with van der Waals surface area (Å²) in [5.74, 6) is 4.29. The summed E-state index contributed by atoms with van der Waals surface area (Å²) in [5, 5.41) is 1.03. The van der Waals surface area contributed by atoms with Crippen LogP contribution >= 0.6 is 159 Å². The molecule has 16 unspecified atom stereocenters. The fraction of sp³-hybridized carbons (Fsp3) is 1.00. The van der Waals surface area contributed by atoms with Crippen LogP contribution in [0.3, 0.4) is 0 Å². The molecular formula is C57H114O12S16Si4. The average molecular weight is 1620 g/mol. The standard InChI is InChI=1S/C57H114O12S16Si4/c1-13-58-86(59-14-2,60-15-3)78-82(74-70,52-40-44-26-30-48(52)36-44)56(83(75-71,53-41-45-27-31-49(53)37-45)79-87(61-16-4,62-17-5)63-18-6)34-25-35-57(56,84(76-72,54-42-46-28-32-50(54)38-46)80-88(64-19-7,65-20-8)66-21-9)85(77-73,55-43-47-29-33-51(55)39-47)81-89(67-22-10,68-23-11)69-24-12/h44-55,70-73H,13-43H2,1-12H3. The van der Waals surface area contributed by atoms with Gasteiger partial charge >= 0.3 is 31.8 Å². The fourth-order valence-corrected chi connectivity index (χ4v) is 150. The van der Waals surface area contributed by atoms with Crippen molar-refractivity contribution in [1.82, 2.24) is 0 Å².